The molecular weight excluding hydrogens is 444 g/mol. The molecule has 1 aromatic heterocycles. The van der Waals surface area contributed by atoms with E-state index in [9.17, 15) is 19.2 Å². The summed E-state index contributed by atoms with van der Waals surface area (Å²) in [4.78, 5) is 50.3. The van der Waals surface area contributed by atoms with E-state index in [2.05, 4.69) is 10.1 Å². The molecule has 2 aliphatic rings. The van der Waals surface area contributed by atoms with E-state index in [-0.39, 0.29) is 23.8 Å². The number of fused-ring (bicyclic) bond motifs is 1. The summed E-state index contributed by atoms with van der Waals surface area (Å²) < 4.78 is 21.0. The van der Waals surface area contributed by atoms with Gasteiger partial charge in [0.05, 0.1) is 18.4 Å². The fraction of sp³-hybridized carbons (Fsp3) is 0.0833. The number of hydrogen-bond donors (Lipinski definition) is 1. The Morgan fingerprint density at radius 3 is 2.53 bits per heavy atom. The van der Waals surface area contributed by atoms with Crippen LogP contribution in [0.2, 0.25) is 0 Å². The Kier molecular flexibility index (Phi) is 5.09. The van der Waals surface area contributed by atoms with Crippen molar-refractivity contribution >= 4 is 35.6 Å². The number of carbonyl (C=O) groups is 4. The van der Waals surface area contributed by atoms with Gasteiger partial charge in [-0.25, -0.2) is 14.5 Å². The number of hydrogen-bond acceptors (Lipinski definition) is 8. The maximum Gasteiger partial charge on any atom is 0.337 e. The molecule has 0 aliphatic carbocycles. The van der Waals surface area contributed by atoms with E-state index in [1.807, 2.05) is 0 Å². The van der Waals surface area contributed by atoms with Gasteiger partial charge in [0.15, 0.2) is 11.5 Å². The predicted molar refractivity (Wildman–Crippen MR) is 117 cm³/mol. The van der Waals surface area contributed by atoms with Crippen LogP contribution in [-0.4, -0.2) is 37.7 Å². The molecule has 5 rings (SSSR count). The Hall–Kier alpha value is -4.86. The van der Waals surface area contributed by atoms with E-state index in [1.54, 1.807) is 42.5 Å². The van der Waals surface area contributed by atoms with Crippen LogP contribution in [0.4, 0.5) is 10.5 Å². The van der Waals surface area contributed by atoms with Crippen LogP contribution >= 0.6 is 0 Å². The Morgan fingerprint density at radius 1 is 1.00 bits per heavy atom. The maximum absolute atomic E-state index is 13.1. The zero-order valence-corrected chi connectivity index (χ0v) is 17.7. The van der Waals surface area contributed by atoms with Gasteiger partial charge in [-0.2, -0.15) is 0 Å². The second kappa shape index (κ2) is 8.24. The van der Waals surface area contributed by atoms with Crippen LogP contribution in [-0.2, 0) is 14.3 Å². The topological polar surface area (TPSA) is 124 Å². The first kappa shape index (κ1) is 21.0. The number of esters is 1. The van der Waals surface area contributed by atoms with Gasteiger partial charge < -0.3 is 18.6 Å². The molecule has 0 bridgehead atoms. The number of nitrogens with zero attached hydrogens (tertiary/aromatic N) is 1. The number of nitrogens with one attached hydrogen (secondary N) is 1. The van der Waals surface area contributed by atoms with Crippen molar-refractivity contribution in [2.75, 3.05) is 18.8 Å². The number of benzene rings is 2. The molecule has 170 valence electrons. The number of anilines is 1. The van der Waals surface area contributed by atoms with Crippen molar-refractivity contribution in [3.8, 4) is 22.8 Å². The van der Waals surface area contributed by atoms with Gasteiger partial charge in [0.2, 0.25) is 6.79 Å². The van der Waals surface area contributed by atoms with E-state index in [1.165, 1.54) is 25.3 Å². The Morgan fingerprint density at radius 2 is 1.76 bits per heavy atom. The minimum Gasteiger partial charge on any atom is -0.465 e. The third kappa shape index (κ3) is 3.66. The molecule has 10 heteroatoms. The minimum absolute atomic E-state index is 0.0365. The molecule has 0 saturated carbocycles. The predicted octanol–water partition coefficient (Wildman–Crippen LogP) is 3.13. The fourth-order valence-electron chi connectivity index (χ4n) is 3.53. The molecule has 0 atom stereocenters. The van der Waals surface area contributed by atoms with Crippen molar-refractivity contribution in [3.05, 3.63) is 71.5 Å². The highest BCUT2D eigenvalue weighted by Gasteiger charge is 2.37. The molecule has 0 unspecified atom stereocenters. The Bertz CT molecular complexity index is 1370. The van der Waals surface area contributed by atoms with Gasteiger partial charge in [-0.3, -0.25) is 14.9 Å². The molecule has 34 heavy (non-hydrogen) atoms. The summed E-state index contributed by atoms with van der Waals surface area (Å²) in [6.45, 7) is 0.0365. The molecule has 0 spiro atoms. The van der Waals surface area contributed by atoms with Gasteiger partial charge in [-0.15, -0.1) is 0 Å². The third-order valence-corrected chi connectivity index (χ3v) is 5.22. The van der Waals surface area contributed by atoms with E-state index in [0.29, 0.717) is 28.4 Å². The zero-order valence-electron chi connectivity index (χ0n) is 17.7. The second-order valence-corrected chi connectivity index (χ2v) is 7.27. The lowest BCUT2D eigenvalue weighted by Crippen LogP contribution is -2.54. The van der Waals surface area contributed by atoms with Crippen molar-refractivity contribution in [1.29, 1.82) is 0 Å². The summed E-state index contributed by atoms with van der Waals surface area (Å²) in [5, 5.41) is 2.16. The normalized spacial score (nSPS) is 16.1. The van der Waals surface area contributed by atoms with E-state index >= 15 is 0 Å². The number of imide groups is 2. The number of furan rings is 1. The molecule has 1 N–H and O–H groups in total. The van der Waals surface area contributed by atoms with Crippen molar-refractivity contribution < 1.29 is 37.8 Å². The molecule has 2 aromatic carbocycles. The van der Waals surface area contributed by atoms with Crippen LogP contribution in [0, 0.1) is 0 Å². The number of methoxy groups -OCH3 is 1. The molecule has 10 nitrogen and oxygen atoms in total. The van der Waals surface area contributed by atoms with E-state index < -0.39 is 23.8 Å². The molecule has 3 heterocycles. The number of rotatable bonds is 4. The van der Waals surface area contributed by atoms with Gasteiger partial charge in [0, 0.05) is 11.6 Å². The van der Waals surface area contributed by atoms with Crippen LogP contribution in [0.5, 0.6) is 11.5 Å². The first-order valence-corrected chi connectivity index (χ1v) is 10.0. The highest BCUT2D eigenvalue weighted by molar-refractivity contribution is 6.39. The lowest BCUT2D eigenvalue weighted by atomic mass is 10.1. The number of ether oxygens (including phenoxy) is 3. The first-order chi connectivity index (χ1) is 16.4. The smallest absolute Gasteiger partial charge is 0.337 e. The standard InChI is InChI=1S/C24H16N2O8/c1-31-23(29)14-4-2-13(3-5-14)18-9-7-16(34-18)11-17-21(27)25-24(30)26(22(17)28)15-6-8-19-20(10-15)33-12-32-19/h2-11H,12H2,1H3,(H,25,27,30)/b17-11+. The van der Waals surface area contributed by atoms with Crippen LogP contribution in [0.25, 0.3) is 17.4 Å². The summed E-state index contributed by atoms with van der Waals surface area (Å²) in [7, 11) is 1.30. The SMILES string of the molecule is COC(=O)c1ccc(-c2ccc(/C=C3\C(=O)NC(=O)N(c4ccc5c(c4)OCO5)C3=O)o2)cc1. The average Bonchev–Trinajstić information content (AvgIpc) is 3.50. The molecule has 4 amide bonds. The highest BCUT2D eigenvalue weighted by Crippen LogP contribution is 2.36. The lowest BCUT2D eigenvalue weighted by Gasteiger charge is -2.26. The highest BCUT2D eigenvalue weighted by atomic mass is 16.7. The summed E-state index contributed by atoms with van der Waals surface area (Å²) in [6, 6.07) is 13.5. The Labute approximate surface area is 192 Å². The van der Waals surface area contributed by atoms with Gasteiger partial charge in [-0.1, -0.05) is 12.1 Å². The van der Waals surface area contributed by atoms with Crippen molar-refractivity contribution in [2.45, 2.75) is 0 Å². The molecular formula is C24H16N2O8. The summed E-state index contributed by atoms with van der Waals surface area (Å²) in [5.41, 5.74) is 1.00. The third-order valence-electron chi connectivity index (χ3n) is 5.22. The van der Waals surface area contributed by atoms with Crippen LogP contribution in [0.15, 0.2) is 64.6 Å². The summed E-state index contributed by atoms with van der Waals surface area (Å²) in [5.74, 6) is -0.557. The largest absolute Gasteiger partial charge is 0.465 e. The molecule has 0 radical (unpaired) electrons. The summed E-state index contributed by atoms with van der Waals surface area (Å²) in [6.07, 6.45) is 1.26. The summed E-state index contributed by atoms with van der Waals surface area (Å²) >= 11 is 0. The Balaban J connectivity index is 1.42. The minimum atomic E-state index is -0.878. The monoisotopic (exact) mass is 460 g/mol. The lowest BCUT2D eigenvalue weighted by molar-refractivity contribution is -0.122. The van der Waals surface area contributed by atoms with Crippen molar-refractivity contribution in [2.24, 2.45) is 0 Å². The first-order valence-electron chi connectivity index (χ1n) is 10.0. The zero-order chi connectivity index (χ0) is 23.8. The van der Waals surface area contributed by atoms with Crippen molar-refractivity contribution in [3.63, 3.8) is 0 Å². The average molecular weight is 460 g/mol. The molecule has 1 saturated heterocycles. The van der Waals surface area contributed by atoms with Gasteiger partial charge >= 0.3 is 12.0 Å². The second-order valence-electron chi connectivity index (χ2n) is 7.27. The molecule has 1 fully saturated rings. The number of carbonyl (C=O) groups excluding carboxylic acids is 4. The van der Waals surface area contributed by atoms with Gasteiger partial charge in [-0.05, 0) is 42.5 Å². The number of amides is 4. The van der Waals surface area contributed by atoms with Gasteiger partial charge in [0.25, 0.3) is 11.8 Å². The maximum atomic E-state index is 13.1. The van der Waals surface area contributed by atoms with Crippen LogP contribution in [0.3, 0.4) is 0 Å². The van der Waals surface area contributed by atoms with E-state index in [4.69, 9.17) is 13.9 Å². The van der Waals surface area contributed by atoms with E-state index in [0.717, 1.165) is 4.90 Å². The number of barbiturate groups is 1. The quantitative estimate of drug-likeness (QED) is 0.358. The van der Waals surface area contributed by atoms with Crippen molar-refractivity contribution in [1.82, 2.24) is 5.32 Å². The van der Waals surface area contributed by atoms with Crippen LogP contribution < -0.4 is 19.7 Å². The van der Waals surface area contributed by atoms with Gasteiger partial charge in [0.1, 0.15) is 17.1 Å². The fourth-order valence-corrected chi connectivity index (χ4v) is 3.53. The molecule has 2 aliphatic heterocycles. The number of urea groups is 1. The molecule has 3 aromatic rings. The van der Waals surface area contributed by atoms with Crippen LogP contribution in [0.1, 0.15) is 16.1 Å².